The average Bonchev–Trinajstić information content (AvgIpc) is 2.77. The molecule has 0 aliphatic carbocycles. The lowest BCUT2D eigenvalue weighted by Gasteiger charge is -2.36. The van der Waals surface area contributed by atoms with E-state index in [1.165, 1.54) is 0 Å². The Hall–Kier alpha value is -3.13. The van der Waals surface area contributed by atoms with Crippen LogP contribution in [0.4, 0.5) is 0 Å². The Morgan fingerprint density at radius 3 is 1.57 bits per heavy atom. The number of hydrogen-bond donors (Lipinski definition) is 1. The average molecular weight is 370 g/mol. The second kappa shape index (κ2) is 9.70. The van der Waals surface area contributed by atoms with E-state index in [1.807, 2.05) is 60.7 Å². The van der Waals surface area contributed by atoms with Gasteiger partial charge in [0.1, 0.15) is 5.54 Å². The van der Waals surface area contributed by atoms with Crippen LogP contribution in [0.5, 0.6) is 0 Å². The first-order valence-corrected chi connectivity index (χ1v) is 9.90. The molecule has 0 saturated carbocycles. The summed E-state index contributed by atoms with van der Waals surface area (Å²) in [4.78, 5) is 13.0. The second-order valence-corrected chi connectivity index (χ2v) is 6.86. The van der Waals surface area contributed by atoms with Crippen molar-refractivity contribution in [3.8, 4) is 0 Å². The number of allylic oxidation sites excluding steroid dienone is 1. The number of rotatable bonds is 8. The monoisotopic (exact) mass is 369 g/mol. The predicted octanol–water partition coefficient (Wildman–Crippen LogP) is 5.84. The fraction of sp³-hybridized carbons (Fsp3) is 0.192. The van der Waals surface area contributed by atoms with Crippen LogP contribution < -0.4 is 5.32 Å². The van der Waals surface area contributed by atoms with Crippen molar-refractivity contribution in [2.24, 2.45) is 0 Å². The predicted molar refractivity (Wildman–Crippen MR) is 116 cm³/mol. The molecule has 0 aliphatic rings. The van der Waals surface area contributed by atoms with E-state index < -0.39 is 5.54 Å². The Morgan fingerprint density at radius 2 is 1.18 bits per heavy atom. The minimum absolute atomic E-state index is 0.00362. The van der Waals surface area contributed by atoms with Gasteiger partial charge in [-0.2, -0.15) is 0 Å². The molecule has 0 spiro atoms. The molecular weight excluding hydrogens is 342 g/mol. The van der Waals surface area contributed by atoms with E-state index in [2.05, 4.69) is 54.7 Å². The lowest BCUT2D eigenvalue weighted by molar-refractivity contribution is -0.121. The molecule has 0 unspecified atom stereocenters. The molecule has 3 rings (SSSR count). The summed E-state index contributed by atoms with van der Waals surface area (Å²) in [6.45, 7) is 2.13. The molecule has 0 aromatic heterocycles. The van der Waals surface area contributed by atoms with Crippen molar-refractivity contribution < 1.29 is 4.79 Å². The highest BCUT2D eigenvalue weighted by Gasteiger charge is 2.37. The van der Waals surface area contributed by atoms with Gasteiger partial charge in [0.15, 0.2) is 0 Å². The molecule has 0 atom stereocenters. The molecule has 2 heteroatoms. The van der Waals surface area contributed by atoms with Crippen LogP contribution >= 0.6 is 0 Å². The third-order valence-corrected chi connectivity index (χ3v) is 4.87. The number of benzene rings is 3. The molecule has 0 fully saturated rings. The number of carbonyl (C=O) groups excluding carboxylic acids is 1. The molecule has 0 radical (unpaired) electrons. The van der Waals surface area contributed by atoms with Crippen LogP contribution in [0.15, 0.2) is 103 Å². The zero-order valence-electron chi connectivity index (χ0n) is 16.3. The van der Waals surface area contributed by atoms with Crippen molar-refractivity contribution in [1.82, 2.24) is 5.32 Å². The summed E-state index contributed by atoms with van der Waals surface area (Å²) in [5, 5.41) is 3.37. The van der Waals surface area contributed by atoms with E-state index in [0.29, 0.717) is 6.42 Å². The third-order valence-electron chi connectivity index (χ3n) is 4.87. The summed E-state index contributed by atoms with van der Waals surface area (Å²) in [6, 6.07) is 30.6. The molecule has 2 nitrogen and oxygen atoms in total. The van der Waals surface area contributed by atoms with Crippen molar-refractivity contribution in [1.29, 1.82) is 0 Å². The molecule has 0 saturated heterocycles. The van der Waals surface area contributed by atoms with Gasteiger partial charge in [-0.05, 0) is 23.1 Å². The van der Waals surface area contributed by atoms with E-state index in [-0.39, 0.29) is 5.91 Å². The number of carbonyl (C=O) groups is 1. The van der Waals surface area contributed by atoms with Crippen molar-refractivity contribution >= 4 is 5.91 Å². The van der Waals surface area contributed by atoms with Gasteiger partial charge in [0, 0.05) is 6.42 Å². The molecule has 0 heterocycles. The maximum Gasteiger partial charge on any atom is 0.225 e. The molecule has 28 heavy (non-hydrogen) atoms. The molecule has 3 aromatic carbocycles. The Balaban J connectivity index is 2.10. The third kappa shape index (κ3) is 4.40. The topological polar surface area (TPSA) is 29.1 Å². The minimum Gasteiger partial charge on any atom is -0.338 e. The number of amides is 1. The van der Waals surface area contributed by atoms with Crippen LogP contribution in [0.2, 0.25) is 0 Å². The lowest BCUT2D eigenvalue weighted by atomic mass is 9.77. The van der Waals surface area contributed by atoms with Crippen LogP contribution in [-0.4, -0.2) is 5.91 Å². The van der Waals surface area contributed by atoms with Gasteiger partial charge in [-0.3, -0.25) is 4.79 Å². The van der Waals surface area contributed by atoms with Crippen LogP contribution in [-0.2, 0) is 10.3 Å². The highest BCUT2D eigenvalue weighted by Crippen LogP contribution is 2.36. The quantitative estimate of drug-likeness (QED) is 0.392. The molecule has 0 aliphatic heterocycles. The van der Waals surface area contributed by atoms with Gasteiger partial charge < -0.3 is 5.32 Å². The Morgan fingerprint density at radius 1 is 0.750 bits per heavy atom. The standard InChI is InChI=1S/C26H27NO/c1-2-3-4-14-21-25(28)27-26(22-15-8-5-9-16-22,23-17-10-6-11-18-23)24-19-12-7-13-20-24/h4-20H,2-3,21H2,1H3,(H,27,28)/b14-4+. The second-order valence-electron chi connectivity index (χ2n) is 6.86. The summed E-state index contributed by atoms with van der Waals surface area (Å²) in [7, 11) is 0. The molecule has 1 amide bonds. The van der Waals surface area contributed by atoms with Gasteiger partial charge >= 0.3 is 0 Å². The zero-order chi connectivity index (χ0) is 19.7. The Labute approximate surface area is 167 Å². The van der Waals surface area contributed by atoms with Crippen LogP contribution in [0, 0.1) is 0 Å². The minimum atomic E-state index is -0.737. The lowest BCUT2D eigenvalue weighted by Crippen LogP contribution is -2.47. The summed E-state index contributed by atoms with van der Waals surface area (Å²) in [5.41, 5.74) is 2.38. The van der Waals surface area contributed by atoms with Gasteiger partial charge in [-0.25, -0.2) is 0 Å². The number of nitrogens with one attached hydrogen (secondary N) is 1. The van der Waals surface area contributed by atoms with E-state index >= 15 is 0 Å². The van der Waals surface area contributed by atoms with Gasteiger partial charge in [0.2, 0.25) is 5.91 Å². The SMILES string of the molecule is CCC/C=C/CC(=O)NC(c1ccccc1)(c1ccccc1)c1ccccc1. The maximum absolute atomic E-state index is 13.0. The smallest absolute Gasteiger partial charge is 0.225 e. The highest BCUT2D eigenvalue weighted by molar-refractivity contribution is 5.80. The first-order valence-electron chi connectivity index (χ1n) is 9.90. The first-order chi connectivity index (χ1) is 13.8. The van der Waals surface area contributed by atoms with Crippen LogP contribution in [0.3, 0.4) is 0 Å². The molecule has 0 bridgehead atoms. The van der Waals surface area contributed by atoms with Crippen molar-refractivity contribution in [2.45, 2.75) is 31.7 Å². The molecular formula is C26H27NO. The zero-order valence-corrected chi connectivity index (χ0v) is 16.3. The number of unbranched alkanes of at least 4 members (excludes halogenated alkanes) is 1. The van der Waals surface area contributed by atoms with Gasteiger partial charge in [-0.15, -0.1) is 0 Å². The van der Waals surface area contributed by atoms with Gasteiger partial charge in [0.25, 0.3) is 0 Å². The largest absolute Gasteiger partial charge is 0.338 e. The first kappa shape index (κ1) is 19.6. The van der Waals surface area contributed by atoms with E-state index in [4.69, 9.17) is 0 Å². The summed E-state index contributed by atoms with van der Waals surface area (Å²) < 4.78 is 0. The number of hydrogen-bond acceptors (Lipinski definition) is 1. The fourth-order valence-corrected chi connectivity index (χ4v) is 3.52. The van der Waals surface area contributed by atoms with E-state index in [0.717, 1.165) is 29.5 Å². The molecule has 1 N–H and O–H groups in total. The fourth-order valence-electron chi connectivity index (χ4n) is 3.52. The van der Waals surface area contributed by atoms with Gasteiger partial charge in [-0.1, -0.05) is 116 Å². The Bertz CT molecular complexity index is 789. The Kier molecular flexibility index (Phi) is 6.80. The van der Waals surface area contributed by atoms with E-state index in [1.54, 1.807) is 0 Å². The normalized spacial score (nSPS) is 11.5. The molecule has 142 valence electrons. The molecule has 3 aromatic rings. The van der Waals surface area contributed by atoms with Crippen LogP contribution in [0.1, 0.15) is 42.9 Å². The van der Waals surface area contributed by atoms with Gasteiger partial charge in [0.05, 0.1) is 0 Å². The van der Waals surface area contributed by atoms with Crippen molar-refractivity contribution in [2.75, 3.05) is 0 Å². The maximum atomic E-state index is 13.0. The van der Waals surface area contributed by atoms with Crippen LogP contribution in [0.25, 0.3) is 0 Å². The van der Waals surface area contributed by atoms with Crippen molar-refractivity contribution in [3.05, 3.63) is 120 Å². The highest BCUT2D eigenvalue weighted by atomic mass is 16.1. The van der Waals surface area contributed by atoms with Crippen molar-refractivity contribution in [3.63, 3.8) is 0 Å². The summed E-state index contributed by atoms with van der Waals surface area (Å²) >= 11 is 0. The van der Waals surface area contributed by atoms with E-state index in [9.17, 15) is 4.79 Å². The summed E-state index contributed by atoms with van der Waals surface area (Å²) in [6.07, 6.45) is 6.49. The summed E-state index contributed by atoms with van der Waals surface area (Å²) in [5.74, 6) is 0.00362.